The summed E-state index contributed by atoms with van der Waals surface area (Å²) < 4.78 is 0. The van der Waals surface area contributed by atoms with Crippen LogP contribution in [0.1, 0.15) is 52.7 Å². The molecule has 0 aromatic heterocycles. The molecule has 0 N–H and O–H groups in total. The number of nitrogens with zero attached hydrogens (tertiary/aromatic N) is 1. The second-order valence-electron chi connectivity index (χ2n) is 9.27. The molecule has 3 rings (SSSR count). The smallest absolute Gasteiger partial charge is 0.0464 e. The van der Waals surface area contributed by atoms with Gasteiger partial charge in [0.15, 0.2) is 0 Å². The number of anilines is 3. The Balaban J connectivity index is 2.17. The van der Waals surface area contributed by atoms with E-state index >= 15 is 0 Å². The fraction of sp³-hybridized carbons (Fsp3) is 0.308. The molecule has 0 bridgehead atoms. The van der Waals surface area contributed by atoms with Gasteiger partial charge in [-0.1, -0.05) is 84.0 Å². The van der Waals surface area contributed by atoms with Crippen molar-refractivity contribution in [2.75, 3.05) is 4.90 Å². The number of rotatable bonds is 3. The molecule has 0 atom stereocenters. The van der Waals surface area contributed by atoms with Gasteiger partial charge in [0.2, 0.25) is 0 Å². The Kier molecular flexibility index (Phi) is 5.15. The van der Waals surface area contributed by atoms with Crippen LogP contribution in [0.5, 0.6) is 0 Å². The topological polar surface area (TPSA) is 3.24 Å². The third-order valence-corrected chi connectivity index (χ3v) is 4.96. The number of hydrogen-bond acceptors (Lipinski definition) is 1. The van der Waals surface area contributed by atoms with Gasteiger partial charge in [-0.25, -0.2) is 0 Å². The third-order valence-electron chi connectivity index (χ3n) is 4.96. The lowest BCUT2D eigenvalue weighted by atomic mass is 9.86. The molecule has 0 aliphatic heterocycles. The Hall–Kier alpha value is -2.54. The van der Waals surface area contributed by atoms with Crippen LogP contribution in [0.2, 0.25) is 0 Å². The molecule has 0 aliphatic carbocycles. The SMILES string of the molecule is CC(C)(C)c1cccc(N(c2ccccc2)c2cccc(C(C)(C)C)c2)c1. The van der Waals surface area contributed by atoms with Crippen molar-refractivity contribution in [3.8, 4) is 0 Å². The van der Waals surface area contributed by atoms with Gasteiger partial charge in [-0.15, -0.1) is 0 Å². The first-order valence-corrected chi connectivity index (χ1v) is 9.72. The molecular weight excluding hydrogens is 326 g/mol. The molecule has 1 nitrogen and oxygen atoms in total. The van der Waals surface area contributed by atoms with Gasteiger partial charge in [-0.2, -0.15) is 0 Å². The first-order chi connectivity index (χ1) is 12.7. The summed E-state index contributed by atoms with van der Waals surface area (Å²) in [5.74, 6) is 0. The van der Waals surface area contributed by atoms with E-state index in [2.05, 4.69) is 125 Å². The zero-order valence-electron chi connectivity index (χ0n) is 17.5. The van der Waals surface area contributed by atoms with Crippen LogP contribution >= 0.6 is 0 Å². The highest BCUT2D eigenvalue weighted by atomic mass is 15.1. The van der Waals surface area contributed by atoms with Gasteiger partial charge in [-0.3, -0.25) is 0 Å². The summed E-state index contributed by atoms with van der Waals surface area (Å²) in [5.41, 5.74) is 6.48. The van der Waals surface area contributed by atoms with Crippen molar-refractivity contribution in [3.05, 3.63) is 90.0 Å². The monoisotopic (exact) mass is 357 g/mol. The molecule has 27 heavy (non-hydrogen) atoms. The summed E-state index contributed by atoms with van der Waals surface area (Å²) in [6.45, 7) is 13.6. The zero-order valence-corrected chi connectivity index (χ0v) is 17.5. The third kappa shape index (κ3) is 4.42. The van der Waals surface area contributed by atoms with E-state index in [1.807, 2.05) is 0 Å². The lowest BCUT2D eigenvalue weighted by Crippen LogP contribution is -2.16. The normalized spacial score (nSPS) is 12.1. The van der Waals surface area contributed by atoms with Gasteiger partial charge in [-0.05, 0) is 58.4 Å². The predicted octanol–water partition coefficient (Wildman–Crippen LogP) is 7.75. The van der Waals surface area contributed by atoms with Gasteiger partial charge in [0.25, 0.3) is 0 Å². The Labute approximate surface area is 164 Å². The van der Waals surface area contributed by atoms with Crippen molar-refractivity contribution in [1.82, 2.24) is 0 Å². The van der Waals surface area contributed by atoms with E-state index in [0.717, 1.165) is 0 Å². The average Bonchev–Trinajstić information content (AvgIpc) is 2.62. The fourth-order valence-corrected chi connectivity index (χ4v) is 3.25. The lowest BCUT2D eigenvalue weighted by molar-refractivity contribution is 0.590. The molecule has 0 heterocycles. The van der Waals surface area contributed by atoms with Crippen molar-refractivity contribution in [1.29, 1.82) is 0 Å². The van der Waals surface area contributed by atoms with Gasteiger partial charge in [0.1, 0.15) is 0 Å². The highest BCUT2D eigenvalue weighted by molar-refractivity contribution is 5.77. The van der Waals surface area contributed by atoms with E-state index in [-0.39, 0.29) is 10.8 Å². The second kappa shape index (κ2) is 7.23. The highest BCUT2D eigenvalue weighted by Gasteiger charge is 2.19. The van der Waals surface area contributed by atoms with Gasteiger partial charge in [0, 0.05) is 17.1 Å². The number of hydrogen-bond donors (Lipinski definition) is 0. The van der Waals surface area contributed by atoms with Gasteiger partial charge < -0.3 is 4.90 Å². The van der Waals surface area contributed by atoms with Crippen molar-refractivity contribution in [3.63, 3.8) is 0 Å². The molecule has 0 unspecified atom stereocenters. The molecule has 0 saturated heterocycles. The molecule has 3 aromatic carbocycles. The molecule has 3 aromatic rings. The summed E-state index contributed by atoms with van der Waals surface area (Å²) in [6.07, 6.45) is 0. The van der Waals surface area contributed by atoms with E-state index < -0.39 is 0 Å². The Morgan fingerprint density at radius 2 is 0.889 bits per heavy atom. The standard InChI is InChI=1S/C26H31N/c1-25(2,3)20-12-10-16-23(18-20)27(22-14-8-7-9-15-22)24-17-11-13-21(19-24)26(4,5)6/h7-19H,1-6H3. The average molecular weight is 358 g/mol. The first kappa shape index (κ1) is 19.2. The van der Waals surface area contributed by atoms with Crippen LogP contribution in [0.3, 0.4) is 0 Å². The summed E-state index contributed by atoms with van der Waals surface area (Å²) in [6, 6.07) is 28.4. The van der Waals surface area contributed by atoms with E-state index in [9.17, 15) is 0 Å². The Morgan fingerprint density at radius 1 is 0.481 bits per heavy atom. The van der Waals surface area contributed by atoms with Crippen molar-refractivity contribution < 1.29 is 0 Å². The summed E-state index contributed by atoms with van der Waals surface area (Å²) >= 11 is 0. The van der Waals surface area contributed by atoms with Crippen LogP contribution in [0.25, 0.3) is 0 Å². The van der Waals surface area contributed by atoms with Crippen molar-refractivity contribution >= 4 is 17.1 Å². The molecule has 0 saturated carbocycles. The zero-order chi connectivity index (χ0) is 19.7. The van der Waals surface area contributed by atoms with Crippen LogP contribution in [0.15, 0.2) is 78.9 Å². The second-order valence-corrected chi connectivity index (χ2v) is 9.27. The minimum atomic E-state index is 0.117. The van der Waals surface area contributed by atoms with Crippen LogP contribution in [-0.4, -0.2) is 0 Å². The first-order valence-electron chi connectivity index (χ1n) is 9.72. The van der Waals surface area contributed by atoms with Gasteiger partial charge >= 0.3 is 0 Å². The fourth-order valence-electron chi connectivity index (χ4n) is 3.25. The molecule has 0 amide bonds. The minimum Gasteiger partial charge on any atom is -0.310 e. The Bertz CT molecular complexity index is 838. The molecule has 0 aliphatic rings. The van der Waals surface area contributed by atoms with Crippen LogP contribution in [0, 0.1) is 0 Å². The van der Waals surface area contributed by atoms with Crippen molar-refractivity contribution in [2.24, 2.45) is 0 Å². The largest absolute Gasteiger partial charge is 0.310 e. The van der Waals surface area contributed by atoms with Gasteiger partial charge in [0.05, 0.1) is 0 Å². The summed E-state index contributed by atoms with van der Waals surface area (Å²) in [5, 5.41) is 0. The molecule has 1 heteroatoms. The molecular formula is C26H31N. The quantitative estimate of drug-likeness (QED) is 0.463. The number of benzene rings is 3. The van der Waals surface area contributed by atoms with E-state index in [1.165, 1.54) is 28.2 Å². The molecule has 0 radical (unpaired) electrons. The van der Waals surface area contributed by atoms with Crippen LogP contribution < -0.4 is 4.90 Å². The van der Waals surface area contributed by atoms with Crippen LogP contribution in [-0.2, 0) is 10.8 Å². The van der Waals surface area contributed by atoms with E-state index in [0.29, 0.717) is 0 Å². The lowest BCUT2D eigenvalue weighted by Gasteiger charge is -2.29. The molecule has 140 valence electrons. The van der Waals surface area contributed by atoms with Crippen molar-refractivity contribution in [2.45, 2.75) is 52.4 Å². The maximum Gasteiger partial charge on any atom is 0.0464 e. The van der Waals surface area contributed by atoms with E-state index in [4.69, 9.17) is 0 Å². The Morgan fingerprint density at radius 3 is 1.30 bits per heavy atom. The predicted molar refractivity (Wildman–Crippen MR) is 119 cm³/mol. The summed E-state index contributed by atoms with van der Waals surface area (Å²) in [4.78, 5) is 2.35. The van der Waals surface area contributed by atoms with E-state index in [1.54, 1.807) is 0 Å². The number of para-hydroxylation sites is 1. The van der Waals surface area contributed by atoms with Crippen LogP contribution in [0.4, 0.5) is 17.1 Å². The maximum atomic E-state index is 2.35. The highest BCUT2D eigenvalue weighted by Crippen LogP contribution is 2.38. The molecule has 0 fully saturated rings. The minimum absolute atomic E-state index is 0.117. The molecule has 0 spiro atoms. The summed E-state index contributed by atoms with van der Waals surface area (Å²) in [7, 11) is 0. The maximum absolute atomic E-state index is 2.35.